The molecule has 1 aliphatic rings. The topological polar surface area (TPSA) is 99.1 Å². The number of nitrogens with zero attached hydrogens (tertiary/aromatic N) is 2. The van der Waals surface area contributed by atoms with Gasteiger partial charge in [0.25, 0.3) is 0 Å². The molecule has 0 bridgehead atoms. The maximum atomic E-state index is 5.80. The molecule has 0 atom stereocenters. The van der Waals surface area contributed by atoms with Crippen LogP contribution in [-0.2, 0) is 4.74 Å². The van der Waals surface area contributed by atoms with E-state index in [1.165, 1.54) is 0 Å². The van der Waals surface area contributed by atoms with Gasteiger partial charge in [-0.1, -0.05) is 0 Å². The summed E-state index contributed by atoms with van der Waals surface area (Å²) < 4.78 is 5.28. The molecule has 6 nitrogen and oxygen atoms in total. The summed E-state index contributed by atoms with van der Waals surface area (Å²) in [5.41, 5.74) is 12.6. The van der Waals surface area contributed by atoms with Gasteiger partial charge in [0, 0.05) is 37.8 Å². The number of rotatable bonds is 7. The Morgan fingerprint density at radius 1 is 1.33 bits per heavy atom. The zero-order chi connectivity index (χ0) is 13.7. The van der Waals surface area contributed by atoms with Crippen molar-refractivity contribution >= 4 is 36.6 Å². The number of anilines is 2. The molecule has 5 N–H and O–H groups in total. The average Bonchev–Trinajstić information content (AvgIpc) is 2.34. The lowest BCUT2D eigenvalue weighted by atomic mass is 9.78. The number of ether oxygens (including phenoxy) is 1. The molecule has 1 heterocycles. The lowest BCUT2D eigenvalue weighted by Gasteiger charge is -2.32. The summed E-state index contributed by atoms with van der Waals surface area (Å²) in [6.45, 7) is 4.33. The van der Waals surface area contributed by atoms with Crippen LogP contribution >= 0.6 is 24.8 Å². The van der Waals surface area contributed by atoms with Gasteiger partial charge in [-0.2, -0.15) is 4.98 Å². The molecule has 0 spiro atoms. The Morgan fingerprint density at radius 2 is 2.05 bits per heavy atom. The molecular weight excluding hydrogens is 313 g/mol. The smallest absolute Gasteiger partial charge is 0.222 e. The number of halogens is 2. The summed E-state index contributed by atoms with van der Waals surface area (Å²) in [4.78, 5) is 8.49. The Labute approximate surface area is 138 Å². The lowest BCUT2D eigenvalue weighted by Crippen LogP contribution is -2.35. The van der Waals surface area contributed by atoms with Crippen LogP contribution in [0, 0.1) is 0 Å². The number of aromatic nitrogens is 2. The highest BCUT2D eigenvalue weighted by molar-refractivity contribution is 5.85. The van der Waals surface area contributed by atoms with Gasteiger partial charge in [0.05, 0.1) is 5.69 Å². The highest BCUT2D eigenvalue weighted by Crippen LogP contribution is 2.35. The van der Waals surface area contributed by atoms with Gasteiger partial charge in [-0.15, -0.1) is 24.8 Å². The predicted octanol–water partition coefficient (Wildman–Crippen LogP) is 1.95. The minimum absolute atomic E-state index is 0. The first-order valence-corrected chi connectivity index (χ1v) is 6.90. The Kier molecular flexibility index (Phi) is 9.61. The standard InChI is InChI=1S/C13H23N5O.2ClH/c1-2-19-5-3-4-16-12-8-11(17-13(15)18-12)9-6-10(14)7-9;;/h8-10H,2-7,14H2,1H3,(H3,15,16,17,18);2*1H. The second-order valence-electron chi connectivity index (χ2n) is 4.94. The van der Waals surface area contributed by atoms with E-state index >= 15 is 0 Å². The van der Waals surface area contributed by atoms with E-state index < -0.39 is 0 Å². The van der Waals surface area contributed by atoms with E-state index in [2.05, 4.69) is 15.3 Å². The van der Waals surface area contributed by atoms with E-state index in [-0.39, 0.29) is 24.8 Å². The molecule has 21 heavy (non-hydrogen) atoms. The van der Waals surface area contributed by atoms with Gasteiger partial charge in [0.15, 0.2) is 0 Å². The van der Waals surface area contributed by atoms with Crippen LogP contribution in [0.3, 0.4) is 0 Å². The van der Waals surface area contributed by atoms with Crippen molar-refractivity contribution in [3.05, 3.63) is 11.8 Å². The molecule has 1 aromatic rings. The molecule has 1 aromatic heterocycles. The van der Waals surface area contributed by atoms with Gasteiger partial charge >= 0.3 is 0 Å². The molecule has 122 valence electrons. The fourth-order valence-electron chi connectivity index (χ4n) is 2.22. The van der Waals surface area contributed by atoms with Crippen molar-refractivity contribution in [3.63, 3.8) is 0 Å². The number of nitrogens with one attached hydrogen (secondary N) is 1. The van der Waals surface area contributed by atoms with Crippen molar-refractivity contribution in [2.45, 2.75) is 38.1 Å². The molecule has 1 saturated carbocycles. The first-order valence-electron chi connectivity index (χ1n) is 6.90. The van der Waals surface area contributed by atoms with Crippen molar-refractivity contribution in [2.75, 3.05) is 30.8 Å². The third-order valence-corrected chi connectivity index (χ3v) is 3.33. The quantitative estimate of drug-likeness (QED) is 0.657. The molecule has 0 saturated heterocycles. The van der Waals surface area contributed by atoms with Crippen LogP contribution in [-0.4, -0.2) is 35.8 Å². The van der Waals surface area contributed by atoms with Crippen molar-refractivity contribution < 1.29 is 4.74 Å². The highest BCUT2D eigenvalue weighted by Gasteiger charge is 2.28. The zero-order valence-corrected chi connectivity index (χ0v) is 13.9. The molecule has 0 radical (unpaired) electrons. The lowest BCUT2D eigenvalue weighted by molar-refractivity contribution is 0.147. The summed E-state index contributed by atoms with van der Waals surface area (Å²) >= 11 is 0. The summed E-state index contributed by atoms with van der Waals surface area (Å²) in [7, 11) is 0. The van der Waals surface area contributed by atoms with Crippen LogP contribution in [0.5, 0.6) is 0 Å². The monoisotopic (exact) mass is 337 g/mol. The van der Waals surface area contributed by atoms with E-state index in [1.807, 2.05) is 13.0 Å². The van der Waals surface area contributed by atoms with E-state index in [0.717, 1.165) is 50.5 Å². The molecule has 0 amide bonds. The number of nitrogens with two attached hydrogens (primary N) is 2. The van der Waals surface area contributed by atoms with Crippen LogP contribution in [0.1, 0.15) is 37.8 Å². The fourth-order valence-corrected chi connectivity index (χ4v) is 2.22. The minimum Gasteiger partial charge on any atom is -0.382 e. The van der Waals surface area contributed by atoms with Crippen molar-refractivity contribution in [3.8, 4) is 0 Å². The first kappa shape index (κ1) is 20.2. The average molecular weight is 338 g/mol. The summed E-state index contributed by atoms with van der Waals surface area (Å²) in [5, 5.41) is 3.26. The molecule has 0 aromatic carbocycles. The van der Waals surface area contributed by atoms with E-state index in [4.69, 9.17) is 16.2 Å². The van der Waals surface area contributed by atoms with Crippen LogP contribution < -0.4 is 16.8 Å². The molecule has 0 aliphatic heterocycles. The molecule has 0 unspecified atom stereocenters. The highest BCUT2D eigenvalue weighted by atomic mass is 35.5. The van der Waals surface area contributed by atoms with Gasteiger partial charge in [-0.05, 0) is 26.2 Å². The van der Waals surface area contributed by atoms with E-state index in [0.29, 0.717) is 17.9 Å². The molecule has 1 fully saturated rings. The van der Waals surface area contributed by atoms with Gasteiger partial charge in [0.2, 0.25) is 5.95 Å². The third-order valence-electron chi connectivity index (χ3n) is 3.33. The SMILES string of the molecule is CCOCCCNc1cc(C2CC(N)C2)nc(N)n1.Cl.Cl. The van der Waals surface area contributed by atoms with Crippen LogP contribution in [0.25, 0.3) is 0 Å². The van der Waals surface area contributed by atoms with Gasteiger partial charge in [-0.3, -0.25) is 0 Å². The van der Waals surface area contributed by atoms with E-state index in [1.54, 1.807) is 0 Å². The Hall–Kier alpha value is -0.820. The van der Waals surface area contributed by atoms with Crippen LogP contribution in [0.2, 0.25) is 0 Å². The molecule has 2 rings (SSSR count). The van der Waals surface area contributed by atoms with Crippen molar-refractivity contribution in [1.29, 1.82) is 0 Å². The third kappa shape index (κ3) is 6.22. The van der Waals surface area contributed by atoms with Crippen LogP contribution in [0.15, 0.2) is 6.07 Å². The second kappa shape index (κ2) is 10.00. The minimum atomic E-state index is 0. The maximum Gasteiger partial charge on any atom is 0.222 e. The number of nitrogen functional groups attached to an aromatic ring is 1. The Balaban J connectivity index is 0.00000200. The van der Waals surface area contributed by atoms with Gasteiger partial charge in [-0.25, -0.2) is 4.98 Å². The van der Waals surface area contributed by atoms with Crippen molar-refractivity contribution in [2.24, 2.45) is 5.73 Å². The summed E-state index contributed by atoms with van der Waals surface area (Å²) in [6.07, 6.45) is 2.92. The predicted molar refractivity (Wildman–Crippen MR) is 90.5 cm³/mol. The largest absolute Gasteiger partial charge is 0.382 e. The summed E-state index contributed by atoms with van der Waals surface area (Å²) in [5.74, 6) is 1.55. The fraction of sp³-hybridized carbons (Fsp3) is 0.692. The Morgan fingerprint density at radius 3 is 2.67 bits per heavy atom. The number of hydrogen-bond donors (Lipinski definition) is 3. The number of hydrogen-bond acceptors (Lipinski definition) is 6. The molecule has 8 heteroatoms. The van der Waals surface area contributed by atoms with E-state index in [9.17, 15) is 0 Å². The summed E-state index contributed by atoms with van der Waals surface area (Å²) in [6, 6.07) is 2.29. The van der Waals surface area contributed by atoms with Crippen molar-refractivity contribution in [1.82, 2.24) is 9.97 Å². The van der Waals surface area contributed by atoms with Gasteiger partial charge < -0.3 is 21.5 Å². The second-order valence-corrected chi connectivity index (χ2v) is 4.94. The normalized spacial score (nSPS) is 19.9. The van der Waals surface area contributed by atoms with Gasteiger partial charge in [0.1, 0.15) is 5.82 Å². The zero-order valence-electron chi connectivity index (χ0n) is 12.2. The molecule has 1 aliphatic carbocycles. The molecular formula is C13H25Cl2N5O. The Bertz CT molecular complexity index is 416. The first-order chi connectivity index (χ1) is 9.19. The maximum absolute atomic E-state index is 5.80. The van der Waals surface area contributed by atoms with Crippen LogP contribution in [0.4, 0.5) is 11.8 Å².